The van der Waals surface area contributed by atoms with Crippen LogP contribution in [0.1, 0.15) is 12.5 Å². The van der Waals surface area contributed by atoms with Crippen LogP contribution in [0.25, 0.3) is 5.57 Å². The summed E-state index contributed by atoms with van der Waals surface area (Å²) >= 11 is 0. The van der Waals surface area contributed by atoms with Crippen LogP contribution in [0.2, 0.25) is 0 Å². The highest BCUT2D eigenvalue weighted by atomic mass is 19.1. The van der Waals surface area contributed by atoms with Crippen molar-refractivity contribution in [2.45, 2.75) is 31.6 Å². The van der Waals surface area contributed by atoms with E-state index in [1.807, 2.05) is 19.1 Å². The molecule has 3 rings (SSSR count). The van der Waals surface area contributed by atoms with Crippen LogP contribution in [0.15, 0.2) is 24.3 Å². The van der Waals surface area contributed by atoms with Gasteiger partial charge < -0.3 is 24.4 Å². The number of ether oxygens (including phenoxy) is 3. The van der Waals surface area contributed by atoms with Crippen molar-refractivity contribution in [2.75, 3.05) is 13.2 Å². The maximum atomic E-state index is 13.2. The summed E-state index contributed by atoms with van der Waals surface area (Å²) in [5.41, 5.74) is 2.09. The van der Waals surface area contributed by atoms with Gasteiger partial charge in [-0.3, -0.25) is 0 Å². The van der Waals surface area contributed by atoms with Crippen LogP contribution >= 0.6 is 0 Å². The average Bonchev–Trinajstić information content (AvgIpc) is 2.48. The van der Waals surface area contributed by atoms with Crippen LogP contribution in [0, 0.1) is 0 Å². The summed E-state index contributed by atoms with van der Waals surface area (Å²) < 4.78 is 29.3. The Labute approximate surface area is 121 Å². The summed E-state index contributed by atoms with van der Waals surface area (Å²) in [5, 5.41) is 19.3. The third kappa shape index (κ3) is 2.74. The standard InChI is InChI=1S/C15H17FO5/c1-8-4-5-19-12-6-9(2-3-10(8)12)21-15-14(18)13(17)11(16)7-20-15/h2-4,6,11,13-15,17-18H,5,7H2,1H3/t11-,13+,14-,15+/m1/s1. The first-order chi connectivity index (χ1) is 10.1. The molecule has 114 valence electrons. The van der Waals surface area contributed by atoms with E-state index in [9.17, 15) is 14.6 Å². The molecule has 0 spiro atoms. The summed E-state index contributed by atoms with van der Waals surface area (Å²) in [6.07, 6.45) is -3.69. The Hall–Kier alpha value is -1.63. The highest BCUT2D eigenvalue weighted by Crippen LogP contribution is 2.33. The van der Waals surface area contributed by atoms with Gasteiger partial charge in [-0.1, -0.05) is 0 Å². The van der Waals surface area contributed by atoms with Gasteiger partial charge >= 0.3 is 0 Å². The Morgan fingerprint density at radius 1 is 1.29 bits per heavy atom. The molecule has 5 nitrogen and oxygen atoms in total. The number of hydrogen-bond acceptors (Lipinski definition) is 5. The van der Waals surface area contributed by atoms with Crippen molar-refractivity contribution in [3.63, 3.8) is 0 Å². The Balaban J connectivity index is 1.75. The Morgan fingerprint density at radius 2 is 2.10 bits per heavy atom. The van der Waals surface area contributed by atoms with E-state index in [0.29, 0.717) is 18.1 Å². The first-order valence-electron chi connectivity index (χ1n) is 6.78. The van der Waals surface area contributed by atoms with Gasteiger partial charge in [0.25, 0.3) is 0 Å². The predicted molar refractivity (Wildman–Crippen MR) is 72.9 cm³/mol. The summed E-state index contributed by atoms with van der Waals surface area (Å²) in [7, 11) is 0. The Kier molecular flexibility index (Phi) is 3.84. The summed E-state index contributed by atoms with van der Waals surface area (Å²) in [4.78, 5) is 0. The van der Waals surface area contributed by atoms with E-state index in [4.69, 9.17) is 14.2 Å². The van der Waals surface area contributed by atoms with Crippen molar-refractivity contribution in [3.8, 4) is 11.5 Å². The Morgan fingerprint density at radius 3 is 2.90 bits per heavy atom. The average molecular weight is 296 g/mol. The van der Waals surface area contributed by atoms with Crippen molar-refractivity contribution in [3.05, 3.63) is 29.8 Å². The molecule has 2 aliphatic rings. The van der Waals surface area contributed by atoms with Gasteiger partial charge in [0.15, 0.2) is 6.17 Å². The molecule has 0 bridgehead atoms. The highest BCUT2D eigenvalue weighted by Gasteiger charge is 2.40. The molecule has 1 fully saturated rings. The zero-order valence-electron chi connectivity index (χ0n) is 11.5. The minimum absolute atomic E-state index is 0.313. The fourth-order valence-corrected chi connectivity index (χ4v) is 2.38. The van der Waals surface area contributed by atoms with Crippen LogP contribution in [-0.4, -0.2) is 48.1 Å². The zero-order chi connectivity index (χ0) is 15.0. The molecular formula is C15H17FO5. The van der Waals surface area contributed by atoms with Crippen molar-refractivity contribution in [1.29, 1.82) is 0 Å². The normalized spacial score (nSPS) is 31.9. The lowest BCUT2D eigenvalue weighted by atomic mass is 10.0. The summed E-state index contributed by atoms with van der Waals surface area (Å²) in [6.45, 7) is 2.17. The van der Waals surface area contributed by atoms with Crippen molar-refractivity contribution in [2.24, 2.45) is 0 Å². The van der Waals surface area contributed by atoms with Crippen molar-refractivity contribution >= 4 is 5.57 Å². The number of rotatable bonds is 2. The maximum absolute atomic E-state index is 13.2. The Bertz CT molecular complexity index is 559. The molecule has 1 aromatic carbocycles. The van der Waals surface area contributed by atoms with E-state index in [1.165, 1.54) is 0 Å². The minimum Gasteiger partial charge on any atom is -0.489 e. The molecule has 1 aromatic rings. The van der Waals surface area contributed by atoms with Gasteiger partial charge in [0.1, 0.15) is 30.3 Å². The topological polar surface area (TPSA) is 68.2 Å². The lowest BCUT2D eigenvalue weighted by Crippen LogP contribution is -2.53. The van der Waals surface area contributed by atoms with E-state index in [2.05, 4.69) is 0 Å². The number of allylic oxidation sites excluding steroid dienone is 1. The first-order valence-corrected chi connectivity index (χ1v) is 6.78. The largest absolute Gasteiger partial charge is 0.489 e. The number of benzene rings is 1. The zero-order valence-corrected chi connectivity index (χ0v) is 11.5. The molecule has 4 atom stereocenters. The van der Waals surface area contributed by atoms with E-state index in [-0.39, 0.29) is 6.61 Å². The van der Waals surface area contributed by atoms with Crippen molar-refractivity contribution in [1.82, 2.24) is 0 Å². The number of fused-ring (bicyclic) bond motifs is 1. The number of aliphatic hydroxyl groups excluding tert-OH is 2. The maximum Gasteiger partial charge on any atom is 0.228 e. The second kappa shape index (κ2) is 5.63. The summed E-state index contributed by atoms with van der Waals surface area (Å²) in [5.74, 6) is 1.11. The lowest BCUT2D eigenvalue weighted by molar-refractivity contribution is -0.229. The lowest BCUT2D eigenvalue weighted by Gasteiger charge is -2.34. The third-order valence-corrected chi connectivity index (χ3v) is 3.68. The smallest absolute Gasteiger partial charge is 0.228 e. The van der Waals surface area contributed by atoms with Gasteiger partial charge in [0.05, 0.1) is 6.61 Å². The fourth-order valence-electron chi connectivity index (χ4n) is 2.38. The van der Waals surface area contributed by atoms with E-state index < -0.39 is 24.7 Å². The van der Waals surface area contributed by atoms with Crippen LogP contribution < -0.4 is 9.47 Å². The number of hydrogen-bond donors (Lipinski definition) is 2. The van der Waals surface area contributed by atoms with E-state index >= 15 is 0 Å². The fraction of sp³-hybridized carbons (Fsp3) is 0.467. The first kappa shape index (κ1) is 14.3. The second-order valence-electron chi connectivity index (χ2n) is 5.17. The van der Waals surface area contributed by atoms with Gasteiger partial charge in [0, 0.05) is 11.6 Å². The van der Waals surface area contributed by atoms with Crippen LogP contribution in [0.4, 0.5) is 4.39 Å². The number of aliphatic hydroxyl groups is 2. The second-order valence-corrected chi connectivity index (χ2v) is 5.17. The quantitative estimate of drug-likeness (QED) is 0.860. The highest BCUT2D eigenvalue weighted by molar-refractivity contribution is 5.71. The molecule has 0 unspecified atom stereocenters. The number of halogens is 1. The molecule has 2 heterocycles. The predicted octanol–water partition coefficient (Wildman–Crippen LogP) is 1.28. The van der Waals surface area contributed by atoms with Crippen molar-refractivity contribution < 1.29 is 28.8 Å². The monoisotopic (exact) mass is 296 g/mol. The van der Waals surface area contributed by atoms with E-state index in [0.717, 1.165) is 11.1 Å². The van der Waals surface area contributed by atoms with Gasteiger partial charge in [0.2, 0.25) is 6.29 Å². The molecule has 6 heteroatoms. The van der Waals surface area contributed by atoms with Crippen LogP contribution in [-0.2, 0) is 4.74 Å². The molecule has 2 N–H and O–H groups in total. The molecule has 0 radical (unpaired) electrons. The third-order valence-electron chi connectivity index (χ3n) is 3.68. The molecule has 0 amide bonds. The van der Waals surface area contributed by atoms with Gasteiger partial charge in [-0.05, 0) is 30.7 Å². The SMILES string of the molecule is CC1=CCOc2cc(O[C@@H]3OC[C@@H](F)[C@H](O)[C@H]3O)ccc21. The molecule has 0 saturated carbocycles. The van der Waals surface area contributed by atoms with E-state index in [1.54, 1.807) is 12.1 Å². The molecule has 21 heavy (non-hydrogen) atoms. The minimum atomic E-state index is -1.61. The van der Waals surface area contributed by atoms with Crippen LogP contribution in [0.3, 0.4) is 0 Å². The van der Waals surface area contributed by atoms with Gasteiger partial charge in [-0.25, -0.2) is 4.39 Å². The molecular weight excluding hydrogens is 279 g/mol. The van der Waals surface area contributed by atoms with Crippen LogP contribution in [0.5, 0.6) is 11.5 Å². The molecule has 0 aromatic heterocycles. The van der Waals surface area contributed by atoms with Gasteiger partial charge in [-0.2, -0.15) is 0 Å². The molecule has 1 saturated heterocycles. The summed E-state index contributed by atoms with van der Waals surface area (Å²) in [6, 6.07) is 5.25. The van der Waals surface area contributed by atoms with Gasteiger partial charge in [-0.15, -0.1) is 0 Å². The molecule has 0 aliphatic carbocycles. The molecule has 2 aliphatic heterocycles. The number of alkyl halides is 1.